The van der Waals surface area contributed by atoms with E-state index in [4.69, 9.17) is 17.0 Å². The molecule has 0 aliphatic rings. The predicted octanol–water partition coefficient (Wildman–Crippen LogP) is 4.43. The lowest BCUT2D eigenvalue weighted by Gasteiger charge is -2.05. The highest BCUT2D eigenvalue weighted by atomic mass is 79.9. The molecule has 22 heavy (non-hydrogen) atoms. The smallest absolute Gasteiger partial charge is 0.216 e. The average Bonchev–Trinajstić information content (AvgIpc) is 2.89. The molecule has 0 radical (unpaired) electrons. The second kappa shape index (κ2) is 6.46. The lowest BCUT2D eigenvalue weighted by atomic mass is 10.2. The third-order valence-corrected chi connectivity index (χ3v) is 4.29. The Morgan fingerprint density at radius 2 is 2.00 bits per heavy atom. The summed E-state index contributed by atoms with van der Waals surface area (Å²) in [5, 5.41) is 3.25. The molecule has 0 unspecified atom stereocenters. The van der Waals surface area contributed by atoms with Crippen LogP contribution in [0.5, 0.6) is 5.75 Å². The minimum Gasteiger partial charge on any atom is -0.497 e. The number of hydrogen-bond donors (Lipinski definition) is 1. The summed E-state index contributed by atoms with van der Waals surface area (Å²) >= 11 is 8.89. The van der Waals surface area contributed by atoms with E-state index in [9.17, 15) is 0 Å². The van der Waals surface area contributed by atoms with E-state index in [1.54, 1.807) is 7.11 Å². The van der Waals surface area contributed by atoms with Gasteiger partial charge in [0, 0.05) is 10.0 Å². The molecule has 112 valence electrons. The molecule has 3 rings (SSSR count). The van der Waals surface area contributed by atoms with Gasteiger partial charge in [0.2, 0.25) is 4.77 Å². The monoisotopic (exact) mass is 375 g/mol. The number of ether oxygens (including phenoxy) is 1. The summed E-state index contributed by atoms with van der Waals surface area (Å²) in [5.74, 6) is 1.49. The summed E-state index contributed by atoms with van der Waals surface area (Å²) in [6.07, 6.45) is 0. The van der Waals surface area contributed by atoms with Crippen molar-refractivity contribution in [1.29, 1.82) is 0 Å². The van der Waals surface area contributed by atoms with Crippen LogP contribution >= 0.6 is 28.1 Å². The van der Waals surface area contributed by atoms with Crippen LogP contribution in [-0.4, -0.2) is 21.9 Å². The van der Waals surface area contributed by atoms with Gasteiger partial charge in [0.15, 0.2) is 5.82 Å². The van der Waals surface area contributed by atoms with Crippen LogP contribution in [-0.2, 0) is 6.54 Å². The van der Waals surface area contributed by atoms with Gasteiger partial charge in [-0.1, -0.05) is 46.3 Å². The number of benzene rings is 2. The van der Waals surface area contributed by atoms with E-state index in [1.165, 1.54) is 5.56 Å². The highest BCUT2D eigenvalue weighted by Gasteiger charge is 2.10. The number of methoxy groups -OCH3 is 1. The Hall–Kier alpha value is -1.92. The quantitative estimate of drug-likeness (QED) is 0.686. The average molecular weight is 376 g/mol. The van der Waals surface area contributed by atoms with E-state index < -0.39 is 0 Å². The number of rotatable bonds is 4. The van der Waals surface area contributed by atoms with Crippen molar-refractivity contribution in [2.45, 2.75) is 6.54 Å². The maximum atomic E-state index is 5.35. The van der Waals surface area contributed by atoms with Gasteiger partial charge in [-0.15, -0.1) is 0 Å². The highest BCUT2D eigenvalue weighted by Crippen LogP contribution is 2.29. The Morgan fingerprint density at radius 3 is 2.73 bits per heavy atom. The first-order chi connectivity index (χ1) is 10.7. The van der Waals surface area contributed by atoms with E-state index in [-0.39, 0.29) is 0 Å². The van der Waals surface area contributed by atoms with Crippen LogP contribution in [0.25, 0.3) is 11.4 Å². The standard InChI is InChI=1S/C16H14BrN3OS/c1-21-12-7-8-14(17)13(9-12)15-18-16(22)20(19-15)10-11-5-3-2-4-6-11/h2-9H,10H2,1H3,(H,18,19,22). The van der Waals surface area contributed by atoms with Gasteiger partial charge in [0.1, 0.15) is 5.75 Å². The van der Waals surface area contributed by atoms with Crippen LogP contribution in [0.3, 0.4) is 0 Å². The number of nitrogens with zero attached hydrogens (tertiary/aromatic N) is 2. The summed E-state index contributed by atoms with van der Waals surface area (Å²) in [7, 11) is 1.64. The normalized spacial score (nSPS) is 10.6. The lowest BCUT2D eigenvalue weighted by Crippen LogP contribution is -2.01. The maximum Gasteiger partial charge on any atom is 0.216 e. The van der Waals surface area contributed by atoms with Crippen LogP contribution < -0.4 is 4.74 Å². The van der Waals surface area contributed by atoms with E-state index in [0.29, 0.717) is 17.1 Å². The number of halogens is 1. The molecule has 6 heteroatoms. The molecule has 1 heterocycles. The molecular formula is C16H14BrN3OS. The molecule has 0 spiro atoms. The first kappa shape index (κ1) is 15.0. The molecule has 3 aromatic rings. The Morgan fingerprint density at radius 1 is 1.23 bits per heavy atom. The molecule has 0 atom stereocenters. The van der Waals surface area contributed by atoms with Crippen molar-refractivity contribution in [3.8, 4) is 17.1 Å². The maximum absolute atomic E-state index is 5.35. The zero-order valence-corrected chi connectivity index (χ0v) is 14.3. The molecular weight excluding hydrogens is 362 g/mol. The van der Waals surface area contributed by atoms with E-state index in [2.05, 4.69) is 38.1 Å². The number of hydrogen-bond acceptors (Lipinski definition) is 3. The minimum absolute atomic E-state index is 0.522. The molecule has 4 nitrogen and oxygen atoms in total. The SMILES string of the molecule is COc1ccc(Br)c(-c2nc(=S)n(Cc3ccccc3)[nH]2)c1. The third-order valence-electron chi connectivity index (χ3n) is 3.29. The Kier molecular flexibility index (Phi) is 4.40. The number of aromatic nitrogens is 3. The van der Waals surface area contributed by atoms with Gasteiger partial charge in [0.05, 0.1) is 13.7 Å². The zero-order chi connectivity index (χ0) is 15.5. The fourth-order valence-corrected chi connectivity index (χ4v) is 2.80. The van der Waals surface area contributed by atoms with Crippen molar-refractivity contribution in [2.24, 2.45) is 0 Å². The first-order valence-electron chi connectivity index (χ1n) is 6.72. The van der Waals surface area contributed by atoms with Crippen LogP contribution in [0.15, 0.2) is 53.0 Å². The van der Waals surface area contributed by atoms with Crippen molar-refractivity contribution in [2.75, 3.05) is 7.11 Å². The molecule has 0 aliphatic heterocycles. The van der Waals surface area contributed by atoms with Crippen LogP contribution in [0.2, 0.25) is 0 Å². The second-order valence-electron chi connectivity index (χ2n) is 4.77. The number of nitrogens with one attached hydrogen (secondary N) is 1. The second-order valence-corrected chi connectivity index (χ2v) is 5.99. The van der Waals surface area contributed by atoms with E-state index >= 15 is 0 Å². The molecule has 0 saturated carbocycles. The van der Waals surface area contributed by atoms with Crippen molar-refractivity contribution >= 4 is 28.1 Å². The van der Waals surface area contributed by atoms with Crippen LogP contribution in [0, 0.1) is 4.77 Å². The molecule has 2 aromatic carbocycles. The van der Waals surface area contributed by atoms with Crippen molar-refractivity contribution < 1.29 is 4.74 Å². The Labute approximate surface area is 141 Å². The van der Waals surface area contributed by atoms with Crippen molar-refractivity contribution in [3.63, 3.8) is 0 Å². The van der Waals surface area contributed by atoms with Gasteiger partial charge in [0.25, 0.3) is 0 Å². The van der Waals surface area contributed by atoms with Gasteiger partial charge in [-0.25, -0.2) is 0 Å². The van der Waals surface area contributed by atoms with Crippen molar-refractivity contribution in [3.05, 3.63) is 63.3 Å². The van der Waals surface area contributed by atoms with Gasteiger partial charge in [-0.3, -0.25) is 9.78 Å². The highest BCUT2D eigenvalue weighted by molar-refractivity contribution is 9.10. The number of H-pyrrole nitrogens is 1. The molecule has 0 bridgehead atoms. The summed E-state index contributed by atoms with van der Waals surface area (Å²) in [4.78, 5) is 4.45. The largest absolute Gasteiger partial charge is 0.497 e. The van der Waals surface area contributed by atoms with Crippen molar-refractivity contribution in [1.82, 2.24) is 14.8 Å². The Bertz CT molecular complexity index is 842. The molecule has 1 aromatic heterocycles. The lowest BCUT2D eigenvalue weighted by molar-refractivity contribution is 0.415. The molecule has 0 fully saturated rings. The minimum atomic E-state index is 0.522. The Balaban J connectivity index is 1.97. The number of aromatic amines is 1. The van der Waals surface area contributed by atoms with Gasteiger partial charge in [-0.2, -0.15) is 4.98 Å². The van der Waals surface area contributed by atoms with Crippen LogP contribution in [0.4, 0.5) is 0 Å². The first-order valence-corrected chi connectivity index (χ1v) is 7.92. The molecule has 0 aliphatic carbocycles. The summed E-state index contributed by atoms with van der Waals surface area (Å²) < 4.78 is 8.58. The van der Waals surface area contributed by atoms with E-state index in [0.717, 1.165) is 15.8 Å². The predicted molar refractivity (Wildman–Crippen MR) is 92.6 cm³/mol. The fraction of sp³-hybridized carbons (Fsp3) is 0.125. The molecule has 0 saturated heterocycles. The van der Waals surface area contributed by atoms with Gasteiger partial charge < -0.3 is 4.74 Å². The van der Waals surface area contributed by atoms with Crippen LogP contribution in [0.1, 0.15) is 5.56 Å². The summed E-state index contributed by atoms with van der Waals surface area (Å²) in [6.45, 7) is 0.661. The van der Waals surface area contributed by atoms with E-state index in [1.807, 2.05) is 41.1 Å². The van der Waals surface area contributed by atoms with Gasteiger partial charge in [-0.05, 0) is 36.0 Å². The third kappa shape index (κ3) is 3.13. The zero-order valence-electron chi connectivity index (χ0n) is 11.9. The van der Waals surface area contributed by atoms with Gasteiger partial charge >= 0.3 is 0 Å². The summed E-state index contributed by atoms with van der Waals surface area (Å²) in [6, 6.07) is 15.9. The molecule has 1 N–H and O–H groups in total. The fourth-order valence-electron chi connectivity index (χ4n) is 2.16. The summed E-state index contributed by atoms with van der Waals surface area (Å²) in [5.41, 5.74) is 2.08. The molecule has 0 amide bonds. The topological polar surface area (TPSA) is 42.8 Å².